The summed E-state index contributed by atoms with van der Waals surface area (Å²) >= 11 is 0. The smallest absolute Gasteiger partial charge is 0.253 e. The van der Waals surface area contributed by atoms with Crippen molar-refractivity contribution >= 4 is 17.8 Å². The topological polar surface area (TPSA) is 80.1 Å². The van der Waals surface area contributed by atoms with Gasteiger partial charge in [0.15, 0.2) is 0 Å². The van der Waals surface area contributed by atoms with Gasteiger partial charge in [0.05, 0.1) is 12.5 Å². The van der Waals surface area contributed by atoms with Crippen molar-refractivity contribution in [2.24, 2.45) is 5.92 Å². The minimum Gasteiger partial charge on any atom is -0.338 e. The quantitative estimate of drug-likeness (QED) is 0.705. The van der Waals surface area contributed by atoms with Crippen molar-refractivity contribution in [3.05, 3.63) is 77.9 Å². The fourth-order valence-electron chi connectivity index (χ4n) is 3.56. The van der Waals surface area contributed by atoms with Crippen LogP contribution in [0.15, 0.2) is 60.9 Å². The highest BCUT2D eigenvalue weighted by molar-refractivity contribution is 5.95. The molecule has 2 amide bonds. The first kappa shape index (κ1) is 19.8. The van der Waals surface area contributed by atoms with Crippen LogP contribution in [0.4, 0.5) is 10.3 Å². The van der Waals surface area contributed by atoms with Crippen LogP contribution in [0.2, 0.25) is 0 Å². The number of carbonyl (C=O) groups is 2. The fourth-order valence-corrected chi connectivity index (χ4v) is 3.56. The SMILES string of the molecule is O=C(Nc1ncn(Cc2ccccc2)n1)C1CCCN(C(=O)c2ccc(F)cc2)C1. The van der Waals surface area contributed by atoms with Gasteiger partial charge in [0.2, 0.25) is 11.9 Å². The summed E-state index contributed by atoms with van der Waals surface area (Å²) < 4.78 is 14.8. The van der Waals surface area contributed by atoms with E-state index in [1.54, 1.807) is 15.9 Å². The Labute approximate surface area is 173 Å². The highest BCUT2D eigenvalue weighted by Crippen LogP contribution is 2.20. The molecule has 1 atom stereocenters. The summed E-state index contributed by atoms with van der Waals surface area (Å²) in [7, 11) is 0. The van der Waals surface area contributed by atoms with E-state index in [-0.39, 0.29) is 29.5 Å². The lowest BCUT2D eigenvalue weighted by atomic mass is 9.96. The third kappa shape index (κ3) is 4.71. The van der Waals surface area contributed by atoms with Crippen LogP contribution in [0, 0.1) is 11.7 Å². The second kappa shape index (κ2) is 8.86. The van der Waals surface area contributed by atoms with E-state index in [4.69, 9.17) is 0 Å². The zero-order valence-corrected chi connectivity index (χ0v) is 16.4. The van der Waals surface area contributed by atoms with Gasteiger partial charge in [0, 0.05) is 18.7 Å². The molecule has 2 heterocycles. The van der Waals surface area contributed by atoms with Gasteiger partial charge >= 0.3 is 0 Å². The number of carbonyl (C=O) groups excluding carboxylic acids is 2. The monoisotopic (exact) mass is 407 g/mol. The van der Waals surface area contributed by atoms with Gasteiger partial charge in [-0.05, 0) is 42.7 Å². The van der Waals surface area contributed by atoms with Gasteiger partial charge in [0.1, 0.15) is 12.1 Å². The first-order valence-electron chi connectivity index (χ1n) is 9.87. The molecule has 0 saturated carbocycles. The van der Waals surface area contributed by atoms with E-state index in [2.05, 4.69) is 15.4 Å². The molecule has 8 heteroatoms. The predicted octanol–water partition coefficient (Wildman–Crippen LogP) is 2.96. The number of hydrogen-bond acceptors (Lipinski definition) is 4. The number of aromatic nitrogens is 3. The van der Waals surface area contributed by atoms with Gasteiger partial charge in [-0.25, -0.2) is 14.1 Å². The highest BCUT2D eigenvalue weighted by atomic mass is 19.1. The summed E-state index contributed by atoms with van der Waals surface area (Å²) in [5, 5.41) is 7.06. The zero-order valence-electron chi connectivity index (χ0n) is 16.4. The number of anilines is 1. The van der Waals surface area contributed by atoms with Gasteiger partial charge in [-0.2, -0.15) is 0 Å². The maximum absolute atomic E-state index is 13.1. The van der Waals surface area contributed by atoms with E-state index in [1.165, 1.54) is 24.3 Å². The molecule has 7 nitrogen and oxygen atoms in total. The highest BCUT2D eigenvalue weighted by Gasteiger charge is 2.29. The van der Waals surface area contributed by atoms with Gasteiger partial charge in [-0.3, -0.25) is 14.9 Å². The Balaban J connectivity index is 1.35. The molecule has 0 bridgehead atoms. The molecular formula is C22H22FN5O2. The molecular weight excluding hydrogens is 385 g/mol. The molecule has 3 aromatic rings. The Kier molecular flexibility index (Phi) is 5.83. The number of hydrogen-bond donors (Lipinski definition) is 1. The van der Waals surface area contributed by atoms with E-state index in [0.29, 0.717) is 31.6 Å². The van der Waals surface area contributed by atoms with Gasteiger partial charge in [0.25, 0.3) is 5.91 Å². The van der Waals surface area contributed by atoms with Crippen molar-refractivity contribution in [1.29, 1.82) is 0 Å². The predicted molar refractivity (Wildman–Crippen MR) is 109 cm³/mol. The molecule has 1 aromatic heterocycles. The maximum atomic E-state index is 13.1. The van der Waals surface area contributed by atoms with Crippen molar-refractivity contribution in [2.45, 2.75) is 19.4 Å². The third-order valence-corrected chi connectivity index (χ3v) is 5.13. The summed E-state index contributed by atoms with van der Waals surface area (Å²) in [5.74, 6) is -0.884. The molecule has 1 aliphatic heterocycles. The standard InChI is InChI=1S/C22H22FN5O2/c23-19-10-8-17(9-11-19)21(30)27-12-4-7-18(14-27)20(29)25-22-24-15-28(26-22)13-16-5-2-1-3-6-16/h1-3,5-6,8-11,15,18H,4,7,12-14H2,(H,25,26,29). The average molecular weight is 407 g/mol. The molecule has 1 saturated heterocycles. The van der Waals surface area contributed by atoms with Crippen molar-refractivity contribution in [2.75, 3.05) is 18.4 Å². The van der Waals surface area contributed by atoms with E-state index >= 15 is 0 Å². The zero-order chi connectivity index (χ0) is 20.9. The molecule has 1 N–H and O–H groups in total. The molecule has 30 heavy (non-hydrogen) atoms. The molecule has 0 radical (unpaired) electrons. The molecule has 2 aromatic carbocycles. The summed E-state index contributed by atoms with van der Waals surface area (Å²) in [6.45, 7) is 1.45. The van der Waals surface area contributed by atoms with Gasteiger partial charge < -0.3 is 4.90 Å². The average Bonchev–Trinajstić information content (AvgIpc) is 3.21. The lowest BCUT2D eigenvalue weighted by Crippen LogP contribution is -2.43. The number of nitrogens with zero attached hydrogens (tertiary/aromatic N) is 4. The number of piperidine rings is 1. The van der Waals surface area contributed by atoms with Crippen LogP contribution in [0.25, 0.3) is 0 Å². The lowest BCUT2D eigenvalue weighted by Gasteiger charge is -2.31. The third-order valence-electron chi connectivity index (χ3n) is 5.13. The molecule has 4 rings (SSSR count). The minimum atomic E-state index is -0.387. The molecule has 1 aliphatic rings. The molecule has 1 fully saturated rings. The summed E-state index contributed by atoms with van der Waals surface area (Å²) in [5.41, 5.74) is 1.50. The van der Waals surface area contributed by atoms with Crippen LogP contribution in [-0.4, -0.2) is 44.6 Å². The van der Waals surface area contributed by atoms with Crippen molar-refractivity contribution in [3.8, 4) is 0 Å². The number of likely N-dealkylation sites (tertiary alicyclic amines) is 1. The summed E-state index contributed by atoms with van der Waals surface area (Å²) in [4.78, 5) is 31.2. The fraction of sp³-hybridized carbons (Fsp3) is 0.273. The number of rotatable bonds is 5. The van der Waals surface area contributed by atoms with Gasteiger partial charge in [-0.1, -0.05) is 30.3 Å². The summed E-state index contributed by atoms with van der Waals surface area (Å²) in [6, 6.07) is 15.3. The normalized spacial score (nSPS) is 16.3. The second-order valence-corrected chi connectivity index (χ2v) is 7.34. The Morgan fingerprint density at radius 1 is 1.10 bits per heavy atom. The first-order chi connectivity index (χ1) is 14.6. The van der Waals surface area contributed by atoms with Crippen LogP contribution in [-0.2, 0) is 11.3 Å². The number of halogens is 1. The number of amides is 2. The van der Waals surface area contributed by atoms with Crippen molar-refractivity contribution in [3.63, 3.8) is 0 Å². The van der Waals surface area contributed by atoms with Crippen LogP contribution >= 0.6 is 0 Å². The molecule has 1 unspecified atom stereocenters. The first-order valence-corrected chi connectivity index (χ1v) is 9.87. The van der Waals surface area contributed by atoms with Crippen LogP contribution < -0.4 is 5.32 Å². The van der Waals surface area contributed by atoms with E-state index in [0.717, 1.165) is 12.0 Å². The van der Waals surface area contributed by atoms with E-state index in [9.17, 15) is 14.0 Å². The Bertz CT molecular complexity index is 1020. The minimum absolute atomic E-state index is 0.197. The maximum Gasteiger partial charge on any atom is 0.253 e. The lowest BCUT2D eigenvalue weighted by molar-refractivity contribution is -0.121. The van der Waals surface area contributed by atoms with E-state index in [1.807, 2.05) is 30.3 Å². The molecule has 154 valence electrons. The second-order valence-electron chi connectivity index (χ2n) is 7.34. The Hall–Kier alpha value is -3.55. The van der Waals surface area contributed by atoms with E-state index < -0.39 is 0 Å². The molecule has 0 aliphatic carbocycles. The van der Waals surface area contributed by atoms with Crippen LogP contribution in [0.1, 0.15) is 28.8 Å². The largest absolute Gasteiger partial charge is 0.338 e. The Morgan fingerprint density at radius 2 is 1.87 bits per heavy atom. The Morgan fingerprint density at radius 3 is 2.63 bits per heavy atom. The van der Waals surface area contributed by atoms with Crippen LogP contribution in [0.3, 0.4) is 0 Å². The van der Waals surface area contributed by atoms with Crippen LogP contribution in [0.5, 0.6) is 0 Å². The summed E-state index contributed by atoms with van der Waals surface area (Å²) in [6.07, 6.45) is 2.98. The molecule has 0 spiro atoms. The van der Waals surface area contributed by atoms with Gasteiger partial charge in [-0.15, -0.1) is 5.10 Å². The number of benzene rings is 2. The van der Waals surface area contributed by atoms with Crippen molar-refractivity contribution in [1.82, 2.24) is 19.7 Å². The number of nitrogens with one attached hydrogen (secondary N) is 1. The van der Waals surface area contributed by atoms with Crippen molar-refractivity contribution < 1.29 is 14.0 Å².